The SMILES string of the molecule is CC(C)(C)OC(=O)NCc1ccc2nc(CN=N)cn2c1. The van der Waals surface area contributed by atoms with Crippen molar-refractivity contribution in [2.75, 3.05) is 0 Å². The van der Waals surface area contributed by atoms with Crippen molar-refractivity contribution in [1.82, 2.24) is 14.7 Å². The van der Waals surface area contributed by atoms with E-state index in [-0.39, 0.29) is 6.54 Å². The minimum Gasteiger partial charge on any atom is -0.444 e. The minimum absolute atomic E-state index is 0.271. The number of ether oxygens (including phenoxy) is 1. The van der Waals surface area contributed by atoms with Crippen LogP contribution in [0.15, 0.2) is 29.6 Å². The Labute approximate surface area is 122 Å². The number of pyridine rings is 1. The summed E-state index contributed by atoms with van der Waals surface area (Å²) in [6, 6.07) is 3.75. The quantitative estimate of drug-likeness (QED) is 0.848. The van der Waals surface area contributed by atoms with Crippen molar-refractivity contribution in [3.63, 3.8) is 0 Å². The van der Waals surface area contributed by atoms with Crippen molar-refractivity contribution >= 4 is 11.7 Å². The number of fused-ring (bicyclic) bond motifs is 1. The molecule has 0 spiro atoms. The van der Waals surface area contributed by atoms with E-state index in [1.54, 1.807) is 0 Å². The van der Waals surface area contributed by atoms with Gasteiger partial charge < -0.3 is 14.5 Å². The Hall–Kier alpha value is -2.44. The maximum absolute atomic E-state index is 11.6. The lowest BCUT2D eigenvalue weighted by molar-refractivity contribution is 0.0523. The van der Waals surface area contributed by atoms with Gasteiger partial charge in [0, 0.05) is 18.9 Å². The van der Waals surface area contributed by atoms with Gasteiger partial charge in [-0.05, 0) is 32.4 Å². The highest BCUT2D eigenvalue weighted by Gasteiger charge is 2.15. The number of amides is 1. The monoisotopic (exact) mass is 289 g/mol. The fourth-order valence-electron chi connectivity index (χ4n) is 1.84. The molecule has 0 aliphatic heterocycles. The van der Waals surface area contributed by atoms with Gasteiger partial charge in [-0.3, -0.25) is 0 Å². The van der Waals surface area contributed by atoms with Crippen LogP contribution in [0.3, 0.4) is 0 Å². The van der Waals surface area contributed by atoms with Gasteiger partial charge >= 0.3 is 6.09 Å². The highest BCUT2D eigenvalue weighted by molar-refractivity contribution is 5.67. The molecule has 7 heteroatoms. The summed E-state index contributed by atoms with van der Waals surface area (Å²) in [5.74, 6) is 0. The van der Waals surface area contributed by atoms with Crippen LogP contribution < -0.4 is 5.32 Å². The maximum Gasteiger partial charge on any atom is 0.407 e. The zero-order valence-electron chi connectivity index (χ0n) is 12.4. The van der Waals surface area contributed by atoms with Crippen LogP contribution in [0, 0.1) is 5.53 Å². The molecule has 0 saturated carbocycles. The predicted octanol–water partition coefficient (Wildman–Crippen LogP) is 2.89. The van der Waals surface area contributed by atoms with Crippen molar-refractivity contribution in [3.8, 4) is 0 Å². The molecule has 0 aliphatic rings. The topological polar surface area (TPSA) is 91.8 Å². The molecule has 21 heavy (non-hydrogen) atoms. The molecule has 0 aliphatic carbocycles. The van der Waals surface area contributed by atoms with Gasteiger partial charge in [-0.1, -0.05) is 6.07 Å². The Morgan fingerprint density at radius 3 is 2.86 bits per heavy atom. The first-order chi connectivity index (χ1) is 9.87. The number of carbonyl (C=O) groups is 1. The van der Waals surface area contributed by atoms with Gasteiger partial charge in [-0.25, -0.2) is 15.3 Å². The molecule has 2 heterocycles. The predicted molar refractivity (Wildman–Crippen MR) is 77.1 cm³/mol. The number of imidazole rings is 1. The number of hydrogen-bond acceptors (Lipinski definition) is 5. The number of alkyl carbamates (subject to hydrolysis) is 1. The number of rotatable bonds is 4. The molecule has 2 rings (SSSR count). The molecule has 2 aromatic heterocycles. The molecule has 0 saturated heterocycles. The smallest absolute Gasteiger partial charge is 0.407 e. The molecule has 7 nitrogen and oxygen atoms in total. The van der Waals surface area contributed by atoms with Crippen molar-refractivity contribution in [2.45, 2.75) is 39.5 Å². The van der Waals surface area contributed by atoms with Crippen molar-refractivity contribution in [1.29, 1.82) is 5.53 Å². The fraction of sp³-hybridized carbons (Fsp3) is 0.429. The Morgan fingerprint density at radius 2 is 2.19 bits per heavy atom. The lowest BCUT2D eigenvalue weighted by atomic mass is 10.2. The second kappa shape index (κ2) is 5.90. The number of nitrogens with zero attached hydrogens (tertiary/aromatic N) is 3. The molecule has 1 amide bonds. The van der Waals surface area contributed by atoms with Gasteiger partial charge in [0.2, 0.25) is 0 Å². The summed E-state index contributed by atoms with van der Waals surface area (Å²) in [6.07, 6.45) is 3.26. The number of hydrogen-bond donors (Lipinski definition) is 2. The van der Waals surface area contributed by atoms with E-state index in [0.717, 1.165) is 16.9 Å². The molecule has 2 aromatic rings. The van der Waals surface area contributed by atoms with E-state index in [9.17, 15) is 4.79 Å². The van der Waals surface area contributed by atoms with Crippen molar-refractivity contribution < 1.29 is 9.53 Å². The zero-order valence-corrected chi connectivity index (χ0v) is 12.4. The van der Waals surface area contributed by atoms with Crippen molar-refractivity contribution in [2.24, 2.45) is 5.11 Å². The first-order valence-corrected chi connectivity index (χ1v) is 6.64. The van der Waals surface area contributed by atoms with Gasteiger partial charge in [0.25, 0.3) is 0 Å². The van der Waals surface area contributed by atoms with Crippen LogP contribution in [-0.2, 0) is 17.8 Å². The first-order valence-electron chi connectivity index (χ1n) is 6.64. The molecule has 0 unspecified atom stereocenters. The third-order valence-corrected chi connectivity index (χ3v) is 2.64. The lowest BCUT2D eigenvalue weighted by Crippen LogP contribution is -2.32. The fourth-order valence-corrected chi connectivity index (χ4v) is 1.84. The van der Waals surface area contributed by atoms with Crippen LogP contribution in [0.1, 0.15) is 32.0 Å². The van der Waals surface area contributed by atoms with Gasteiger partial charge in [0.15, 0.2) is 0 Å². The van der Waals surface area contributed by atoms with E-state index in [1.807, 2.05) is 49.7 Å². The van der Waals surface area contributed by atoms with Crippen LogP contribution in [0.2, 0.25) is 0 Å². The van der Waals surface area contributed by atoms with E-state index in [1.165, 1.54) is 0 Å². The summed E-state index contributed by atoms with van der Waals surface area (Å²) in [5, 5.41) is 6.03. The molecule has 112 valence electrons. The first kappa shape index (κ1) is 15.0. The van der Waals surface area contributed by atoms with E-state index < -0.39 is 11.7 Å². The molecule has 0 radical (unpaired) electrons. The molecule has 0 aromatic carbocycles. The lowest BCUT2D eigenvalue weighted by Gasteiger charge is -2.19. The second-order valence-electron chi connectivity index (χ2n) is 5.71. The number of carbonyl (C=O) groups excluding carboxylic acids is 1. The van der Waals surface area contributed by atoms with E-state index in [2.05, 4.69) is 15.4 Å². The summed E-state index contributed by atoms with van der Waals surface area (Å²) in [4.78, 5) is 15.9. The van der Waals surface area contributed by atoms with Crippen LogP contribution >= 0.6 is 0 Å². The summed E-state index contributed by atoms with van der Waals surface area (Å²) < 4.78 is 7.03. The Kier molecular flexibility index (Phi) is 4.21. The molecular formula is C14H19N5O2. The summed E-state index contributed by atoms with van der Waals surface area (Å²) in [5.41, 5.74) is 8.80. The van der Waals surface area contributed by atoms with Crippen LogP contribution in [0.25, 0.3) is 5.65 Å². The summed E-state index contributed by atoms with van der Waals surface area (Å²) in [6.45, 7) is 6.11. The average Bonchev–Trinajstić information content (AvgIpc) is 2.76. The van der Waals surface area contributed by atoms with Crippen LogP contribution in [0.4, 0.5) is 4.79 Å². The second-order valence-corrected chi connectivity index (χ2v) is 5.71. The van der Waals surface area contributed by atoms with Gasteiger partial charge in [-0.15, -0.1) is 0 Å². The third-order valence-electron chi connectivity index (χ3n) is 2.64. The zero-order chi connectivity index (χ0) is 15.5. The van der Waals surface area contributed by atoms with E-state index in [4.69, 9.17) is 10.3 Å². The van der Waals surface area contributed by atoms with Gasteiger partial charge in [0.1, 0.15) is 17.8 Å². The Bertz CT molecular complexity index is 657. The Morgan fingerprint density at radius 1 is 1.43 bits per heavy atom. The molecular weight excluding hydrogens is 270 g/mol. The maximum atomic E-state index is 11.6. The van der Waals surface area contributed by atoms with E-state index >= 15 is 0 Å². The number of nitrogens with one attached hydrogen (secondary N) is 2. The largest absolute Gasteiger partial charge is 0.444 e. The molecule has 2 N–H and O–H groups in total. The molecule has 0 bridgehead atoms. The highest BCUT2D eigenvalue weighted by atomic mass is 16.6. The number of aromatic nitrogens is 2. The minimum atomic E-state index is -0.507. The van der Waals surface area contributed by atoms with Crippen molar-refractivity contribution in [3.05, 3.63) is 35.8 Å². The Balaban J connectivity index is 2.02. The third kappa shape index (κ3) is 4.27. The summed E-state index contributed by atoms with van der Waals surface area (Å²) >= 11 is 0. The van der Waals surface area contributed by atoms with Gasteiger partial charge in [0.05, 0.1) is 5.69 Å². The normalized spacial score (nSPS) is 11.4. The van der Waals surface area contributed by atoms with Gasteiger partial charge in [-0.2, -0.15) is 5.11 Å². The van der Waals surface area contributed by atoms with Crippen LogP contribution in [0.5, 0.6) is 0 Å². The average molecular weight is 289 g/mol. The van der Waals surface area contributed by atoms with Crippen LogP contribution in [-0.4, -0.2) is 21.1 Å². The summed E-state index contributed by atoms with van der Waals surface area (Å²) in [7, 11) is 0. The molecule has 0 fully saturated rings. The highest BCUT2D eigenvalue weighted by Crippen LogP contribution is 2.10. The van der Waals surface area contributed by atoms with E-state index in [0.29, 0.717) is 6.54 Å². The standard InChI is InChI=1S/C14H19N5O2/c1-14(2,3)21-13(20)16-6-10-4-5-12-18-11(7-17-15)9-19(12)8-10/h4-5,8-9,15H,6-7H2,1-3H3,(H,16,20). The molecule has 0 atom stereocenters.